The smallest absolute Gasteiger partial charge is 0.302 e. The lowest BCUT2D eigenvalue weighted by molar-refractivity contribution is -0.137. The lowest BCUT2D eigenvalue weighted by Gasteiger charge is -2.17. The third kappa shape index (κ3) is 2.20. The van der Waals surface area contributed by atoms with Crippen LogP contribution in [0.15, 0.2) is 42.5 Å². The molecule has 1 unspecified atom stereocenters. The number of aryl methyl sites for hydroxylation is 1. The van der Waals surface area contributed by atoms with Crippen molar-refractivity contribution in [1.29, 1.82) is 0 Å². The monoisotopic (exact) mass is 277 g/mol. The van der Waals surface area contributed by atoms with Crippen molar-refractivity contribution in [2.45, 2.75) is 25.7 Å². The summed E-state index contributed by atoms with van der Waals surface area (Å²) in [5, 5.41) is 3.36. The molecule has 1 nitrogen and oxygen atoms in total. The van der Waals surface area contributed by atoms with E-state index in [0.717, 1.165) is 23.7 Å². The van der Waals surface area contributed by atoms with E-state index in [-0.39, 0.29) is 6.04 Å². The number of hydrogen-bond donors (Lipinski definition) is 1. The summed E-state index contributed by atoms with van der Waals surface area (Å²) in [5.74, 6) is 0. The average molecular weight is 277 g/mol. The highest BCUT2D eigenvalue weighted by Crippen LogP contribution is 2.35. The van der Waals surface area contributed by atoms with Crippen LogP contribution in [0.1, 0.15) is 33.9 Å². The first-order chi connectivity index (χ1) is 9.47. The Bertz CT molecular complexity index is 646. The van der Waals surface area contributed by atoms with Crippen LogP contribution in [0, 0.1) is 6.92 Å². The van der Waals surface area contributed by atoms with Crippen molar-refractivity contribution >= 4 is 0 Å². The standard InChI is InChI=1S/C16H14F3N/c1-10-8-12(16(17,18)19)6-7-13(10)15-14-5-3-2-4-11(14)9-20-15/h2-8,15,20H,9H2,1H3. The Balaban J connectivity index is 2.01. The summed E-state index contributed by atoms with van der Waals surface area (Å²) < 4.78 is 38.1. The van der Waals surface area contributed by atoms with Crippen LogP contribution < -0.4 is 5.32 Å². The molecular weight excluding hydrogens is 263 g/mol. The molecule has 104 valence electrons. The Kier molecular flexibility index (Phi) is 3.05. The van der Waals surface area contributed by atoms with Crippen LogP contribution in [0.5, 0.6) is 0 Å². The highest BCUT2D eigenvalue weighted by atomic mass is 19.4. The van der Waals surface area contributed by atoms with Crippen LogP contribution >= 0.6 is 0 Å². The van der Waals surface area contributed by atoms with Crippen molar-refractivity contribution in [2.75, 3.05) is 0 Å². The molecular formula is C16H14F3N. The van der Waals surface area contributed by atoms with Crippen molar-refractivity contribution in [3.63, 3.8) is 0 Å². The molecule has 4 heteroatoms. The van der Waals surface area contributed by atoms with Crippen molar-refractivity contribution in [1.82, 2.24) is 5.32 Å². The summed E-state index contributed by atoms with van der Waals surface area (Å²) in [6.07, 6.45) is -4.29. The molecule has 1 aliphatic heterocycles. The second kappa shape index (κ2) is 4.63. The van der Waals surface area contributed by atoms with Gasteiger partial charge in [-0.15, -0.1) is 0 Å². The third-order valence-corrected chi connectivity index (χ3v) is 3.77. The number of rotatable bonds is 1. The maximum Gasteiger partial charge on any atom is 0.416 e. The first-order valence-electron chi connectivity index (χ1n) is 6.46. The first kappa shape index (κ1) is 13.2. The molecule has 0 saturated carbocycles. The summed E-state index contributed by atoms with van der Waals surface area (Å²) in [4.78, 5) is 0. The van der Waals surface area contributed by atoms with Gasteiger partial charge in [-0.05, 0) is 41.3 Å². The molecule has 1 atom stereocenters. The number of benzene rings is 2. The summed E-state index contributed by atoms with van der Waals surface area (Å²) in [6.45, 7) is 2.48. The highest BCUT2D eigenvalue weighted by molar-refractivity contribution is 5.45. The molecule has 0 saturated heterocycles. The molecule has 0 spiro atoms. The minimum absolute atomic E-state index is 0.0199. The summed E-state index contributed by atoms with van der Waals surface area (Å²) in [5.41, 5.74) is 3.33. The molecule has 2 aromatic carbocycles. The van der Waals surface area contributed by atoms with Crippen molar-refractivity contribution in [2.24, 2.45) is 0 Å². The van der Waals surface area contributed by atoms with Crippen molar-refractivity contribution in [3.05, 3.63) is 70.3 Å². The van der Waals surface area contributed by atoms with E-state index in [1.807, 2.05) is 24.3 Å². The quantitative estimate of drug-likeness (QED) is 0.823. The van der Waals surface area contributed by atoms with Gasteiger partial charge in [-0.2, -0.15) is 13.2 Å². The average Bonchev–Trinajstić information content (AvgIpc) is 2.81. The highest BCUT2D eigenvalue weighted by Gasteiger charge is 2.32. The van der Waals surface area contributed by atoms with E-state index in [1.165, 1.54) is 11.6 Å². The normalized spacial score (nSPS) is 18.1. The maximum atomic E-state index is 12.7. The van der Waals surface area contributed by atoms with Crippen LogP contribution in [0.3, 0.4) is 0 Å². The van der Waals surface area contributed by atoms with Crippen LogP contribution in [-0.2, 0) is 12.7 Å². The van der Waals surface area contributed by atoms with E-state index < -0.39 is 11.7 Å². The molecule has 0 fully saturated rings. The molecule has 20 heavy (non-hydrogen) atoms. The van der Waals surface area contributed by atoms with Gasteiger partial charge in [0.2, 0.25) is 0 Å². The zero-order valence-corrected chi connectivity index (χ0v) is 11.0. The zero-order valence-electron chi connectivity index (χ0n) is 11.0. The molecule has 1 heterocycles. The van der Waals surface area contributed by atoms with Gasteiger partial charge in [0, 0.05) is 6.54 Å². The van der Waals surface area contributed by atoms with Gasteiger partial charge >= 0.3 is 6.18 Å². The number of nitrogens with one attached hydrogen (secondary N) is 1. The number of hydrogen-bond acceptors (Lipinski definition) is 1. The summed E-state index contributed by atoms with van der Waals surface area (Å²) in [6, 6.07) is 11.9. The fourth-order valence-electron chi connectivity index (χ4n) is 2.75. The molecule has 1 N–H and O–H groups in total. The topological polar surface area (TPSA) is 12.0 Å². The SMILES string of the molecule is Cc1cc(C(F)(F)F)ccc1C1NCc2ccccc21. The largest absolute Gasteiger partial charge is 0.416 e. The van der Waals surface area contributed by atoms with E-state index in [4.69, 9.17) is 0 Å². The van der Waals surface area contributed by atoms with Gasteiger partial charge in [0.1, 0.15) is 0 Å². The predicted molar refractivity (Wildman–Crippen MR) is 71.3 cm³/mol. The van der Waals surface area contributed by atoms with Gasteiger partial charge in [-0.3, -0.25) is 0 Å². The second-order valence-corrected chi connectivity index (χ2v) is 5.08. The van der Waals surface area contributed by atoms with E-state index in [2.05, 4.69) is 5.32 Å². The molecule has 0 radical (unpaired) electrons. The predicted octanol–water partition coefficient (Wildman–Crippen LogP) is 4.21. The minimum Gasteiger partial charge on any atom is -0.302 e. The molecule has 0 aliphatic carbocycles. The van der Waals surface area contributed by atoms with Crippen LogP contribution in [0.4, 0.5) is 13.2 Å². The van der Waals surface area contributed by atoms with Crippen LogP contribution in [0.2, 0.25) is 0 Å². The van der Waals surface area contributed by atoms with E-state index in [9.17, 15) is 13.2 Å². The van der Waals surface area contributed by atoms with E-state index >= 15 is 0 Å². The van der Waals surface area contributed by atoms with Crippen molar-refractivity contribution in [3.8, 4) is 0 Å². The zero-order chi connectivity index (χ0) is 14.3. The lowest BCUT2D eigenvalue weighted by Crippen LogP contribution is -2.15. The van der Waals surface area contributed by atoms with E-state index in [0.29, 0.717) is 5.56 Å². The molecule has 2 aromatic rings. The van der Waals surface area contributed by atoms with Gasteiger partial charge in [-0.25, -0.2) is 0 Å². The van der Waals surface area contributed by atoms with E-state index in [1.54, 1.807) is 13.0 Å². The first-order valence-corrected chi connectivity index (χ1v) is 6.46. The van der Waals surface area contributed by atoms with Gasteiger partial charge < -0.3 is 5.32 Å². The second-order valence-electron chi connectivity index (χ2n) is 5.08. The Morgan fingerprint density at radius 1 is 1.05 bits per heavy atom. The minimum atomic E-state index is -4.29. The van der Waals surface area contributed by atoms with Crippen LogP contribution in [-0.4, -0.2) is 0 Å². The Morgan fingerprint density at radius 3 is 2.50 bits per heavy atom. The number of fused-ring (bicyclic) bond motifs is 1. The fourth-order valence-corrected chi connectivity index (χ4v) is 2.75. The van der Waals surface area contributed by atoms with Crippen molar-refractivity contribution < 1.29 is 13.2 Å². The van der Waals surface area contributed by atoms with Gasteiger partial charge in [-0.1, -0.05) is 30.3 Å². The maximum absolute atomic E-state index is 12.7. The van der Waals surface area contributed by atoms with Crippen LogP contribution in [0.25, 0.3) is 0 Å². The molecule has 0 aromatic heterocycles. The van der Waals surface area contributed by atoms with Gasteiger partial charge in [0.15, 0.2) is 0 Å². The Hall–Kier alpha value is -1.81. The molecule has 1 aliphatic rings. The van der Waals surface area contributed by atoms with Gasteiger partial charge in [0.05, 0.1) is 11.6 Å². The molecule has 3 rings (SSSR count). The molecule has 0 amide bonds. The fraction of sp³-hybridized carbons (Fsp3) is 0.250. The summed E-state index contributed by atoms with van der Waals surface area (Å²) in [7, 11) is 0. The summed E-state index contributed by atoms with van der Waals surface area (Å²) >= 11 is 0. The number of halogens is 3. The third-order valence-electron chi connectivity index (χ3n) is 3.77. The Labute approximate surface area is 115 Å². The van der Waals surface area contributed by atoms with Gasteiger partial charge in [0.25, 0.3) is 0 Å². The number of alkyl halides is 3. The molecule has 0 bridgehead atoms. The lowest BCUT2D eigenvalue weighted by atomic mass is 9.94. The Morgan fingerprint density at radius 2 is 1.80 bits per heavy atom.